The number of rotatable bonds is 3. The summed E-state index contributed by atoms with van der Waals surface area (Å²) < 4.78 is 28.2. The fourth-order valence-electron chi connectivity index (χ4n) is 8.12. The predicted molar refractivity (Wildman–Crippen MR) is 191 cm³/mol. The molecule has 47 heavy (non-hydrogen) atoms. The average Bonchev–Trinajstić information content (AvgIpc) is 3.33. The highest BCUT2D eigenvalue weighted by molar-refractivity contribution is 6.09. The molecule has 3 heteroatoms. The smallest absolute Gasteiger partial charge is 0.178 e. The van der Waals surface area contributed by atoms with Crippen LogP contribution in [-0.4, -0.2) is 7.11 Å². The maximum atomic E-state index is 15.2. The van der Waals surface area contributed by atoms with E-state index in [1.54, 1.807) is 19.2 Å². The maximum Gasteiger partial charge on any atom is 0.178 e. The minimum Gasteiger partial charge on any atom is -0.497 e. The Labute approximate surface area is 273 Å². The fraction of sp³-hybridized carbons (Fsp3) is 0.136. The number of aryl methyl sites for hydroxylation is 1. The number of benzene rings is 7. The molecular weight excluding hydrogens is 579 g/mol. The van der Waals surface area contributed by atoms with Gasteiger partial charge in [-0.2, -0.15) is 0 Å². The van der Waals surface area contributed by atoms with Crippen molar-refractivity contribution < 1.29 is 13.9 Å². The van der Waals surface area contributed by atoms with E-state index in [-0.39, 0.29) is 11.2 Å². The molecule has 9 rings (SSSR count). The second-order valence-electron chi connectivity index (χ2n) is 13.5. The Morgan fingerprint density at radius 1 is 0.681 bits per heavy atom. The van der Waals surface area contributed by atoms with Crippen LogP contribution in [-0.2, 0) is 11.0 Å². The fourth-order valence-corrected chi connectivity index (χ4v) is 8.12. The second kappa shape index (κ2) is 9.80. The summed E-state index contributed by atoms with van der Waals surface area (Å²) in [4.78, 5) is 0. The normalized spacial score (nSPS) is 17.4. The van der Waals surface area contributed by atoms with Gasteiger partial charge in [-0.15, -0.1) is 0 Å². The minimum atomic E-state index is -0.982. The van der Waals surface area contributed by atoms with Crippen molar-refractivity contribution in [2.45, 2.75) is 31.8 Å². The van der Waals surface area contributed by atoms with E-state index >= 15 is 4.39 Å². The molecular formula is C44H33FO2. The molecule has 2 aliphatic rings. The minimum absolute atomic E-state index is 0.279. The molecule has 1 unspecified atom stereocenters. The lowest BCUT2D eigenvalue weighted by Crippen LogP contribution is -2.35. The van der Waals surface area contributed by atoms with Gasteiger partial charge in [-0.3, -0.25) is 0 Å². The summed E-state index contributed by atoms with van der Waals surface area (Å²) in [5.74, 6) is 1.19. The molecule has 0 saturated carbocycles. The molecule has 1 atom stereocenters. The summed E-state index contributed by atoms with van der Waals surface area (Å²) in [6.45, 7) is 6.72. The Balaban J connectivity index is 1.36. The molecule has 2 nitrogen and oxygen atoms in total. The molecule has 0 spiro atoms. The van der Waals surface area contributed by atoms with Crippen LogP contribution >= 0.6 is 0 Å². The van der Waals surface area contributed by atoms with Gasteiger partial charge in [0.2, 0.25) is 0 Å². The zero-order valence-corrected chi connectivity index (χ0v) is 26.8. The first-order valence-corrected chi connectivity index (χ1v) is 16.1. The van der Waals surface area contributed by atoms with Gasteiger partial charge in [-0.1, -0.05) is 110 Å². The van der Waals surface area contributed by atoms with Crippen molar-refractivity contribution in [3.8, 4) is 22.6 Å². The largest absolute Gasteiger partial charge is 0.497 e. The molecule has 0 amide bonds. The van der Waals surface area contributed by atoms with Crippen LogP contribution in [0.5, 0.6) is 11.5 Å². The Bertz CT molecular complexity index is 2470. The number of ether oxygens (including phenoxy) is 2. The Morgan fingerprint density at radius 2 is 1.43 bits per heavy atom. The van der Waals surface area contributed by atoms with Crippen LogP contribution < -0.4 is 9.47 Å². The summed E-state index contributed by atoms with van der Waals surface area (Å²) in [5, 5.41) is 6.48. The molecule has 7 aromatic rings. The van der Waals surface area contributed by atoms with Crippen LogP contribution in [0.2, 0.25) is 0 Å². The zero-order valence-electron chi connectivity index (χ0n) is 26.8. The first-order valence-electron chi connectivity index (χ1n) is 16.1. The molecule has 228 valence electrons. The molecule has 0 aromatic heterocycles. The van der Waals surface area contributed by atoms with Crippen molar-refractivity contribution in [1.82, 2.24) is 0 Å². The first-order chi connectivity index (χ1) is 22.8. The maximum absolute atomic E-state index is 15.2. The zero-order chi connectivity index (χ0) is 32.1. The highest BCUT2D eigenvalue weighted by Crippen LogP contribution is 2.58. The van der Waals surface area contributed by atoms with Crippen molar-refractivity contribution in [2.24, 2.45) is 0 Å². The Hall–Kier alpha value is -5.41. The van der Waals surface area contributed by atoms with Crippen molar-refractivity contribution in [2.75, 3.05) is 7.11 Å². The summed E-state index contributed by atoms with van der Waals surface area (Å²) in [6, 6.07) is 39.3. The van der Waals surface area contributed by atoms with Gasteiger partial charge in [-0.05, 0) is 92.5 Å². The number of hydrogen-bond donors (Lipinski definition) is 0. The molecule has 0 saturated heterocycles. The topological polar surface area (TPSA) is 18.5 Å². The van der Waals surface area contributed by atoms with E-state index in [1.807, 2.05) is 18.2 Å². The van der Waals surface area contributed by atoms with E-state index in [4.69, 9.17) is 9.47 Å². The summed E-state index contributed by atoms with van der Waals surface area (Å²) in [7, 11) is 1.68. The van der Waals surface area contributed by atoms with Crippen molar-refractivity contribution in [3.63, 3.8) is 0 Å². The lowest BCUT2D eigenvalue weighted by Gasteiger charge is -2.38. The van der Waals surface area contributed by atoms with E-state index in [0.717, 1.165) is 44.0 Å². The Morgan fingerprint density at radius 3 is 2.23 bits per heavy atom. The van der Waals surface area contributed by atoms with E-state index in [1.165, 1.54) is 38.6 Å². The van der Waals surface area contributed by atoms with E-state index < -0.39 is 5.60 Å². The lowest BCUT2D eigenvalue weighted by molar-refractivity contribution is 0.163. The lowest BCUT2D eigenvalue weighted by atomic mass is 9.76. The van der Waals surface area contributed by atoms with Gasteiger partial charge < -0.3 is 9.47 Å². The third-order valence-electron chi connectivity index (χ3n) is 10.4. The number of methoxy groups -OCH3 is 1. The molecule has 1 aliphatic heterocycles. The standard InChI is InChI=1S/C44H33FO2/c1-26-9-19-35-39(23-26)43(2,3)41-36-21-22-44(29-14-17-32(46-4)18-15-29,47-42(36)38-25-31(45)16-20-34(38)40(35)41)30-13-12-28-11-10-27-7-5-6-8-33(27)37(28)24-30/h5-25H,1-4H3. The summed E-state index contributed by atoms with van der Waals surface area (Å²) in [5.41, 5.74) is 7.81. The van der Waals surface area contributed by atoms with Gasteiger partial charge in [0.1, 0.15) is 17.3 Å². The molecule has 0 N–H and O–H groups in total. The van der Waals surface area contributed by atoms with Crippen LogP contribution in [0.4, 0.5) is 4.39 Å². The van der Waals surface area contributed by atoms with Gasteiger partial charge >= 0.3 is 0 Å². The van der Waals surface area contributed by atoms with E-state index in [0.29, 0.717) is 5.75 Å². The summed E-state index contributed by atoms with van der Waals surface area (Å²) >= 11 is 0. The van der Waals surface area contributed by atoms with Crippen LogP contribution in [0.3, 0.4) is 0 Å². The molecule has 0 bridgehead atoms. The van der Waals surface area contributed by atoms with Crippen LogP contribution in [0, 0.1) is 12.7 Å². The monoisotopic (exact) mass is 612 g/mol. The third kappa shape index (κ3) is 3.89. The predicted octanol–water partition coefficient (Wildman–Crippen LogP) is 11.3. The molecule has 1 heterocycles. The van der Waals surface area contributed by atoms with Crippen LogP contribution in [0.15, 0.2) is 121 Å². The molecule has 1 aliphatic carbocycles. The number of halogens is 1. The first kappa shape index (κ1) is 27.9. The highest BCUT2D eigenvalue weighted by atomic mass is 19.1. The van der Waals surface area contributed by atoms with Crippen molar-refractivity contribution in [1.29, 1.82) is 0 Å². The van der Waals surface area contributed by atoms with Gasteiger partial charge in [0.25, 0.3) is 0 Å². The molecule has 7 aromatic carbocycles. The average molecular weight is 613 g/mol. The van der Waals surface area contributed by atoms with Gasteiger partial charge in [0, 0.05) is 27.5 Å². The number of hydrogen-bond acceptors (Lipinski definition) is 2. The summed E-state index contributed by atoms with van der Waals surface area (Å²) in [6.07, 6.45) is 4.42. The van der Waals surface area contributed by atoms with Gasteiger partial charge in [0.05, 0.1) is 7.11 Å². The van der Waals surface area contributed by atoms with E-state index in [9.17, 15) is 0 Å². The number of fused-ring (bicyclic) bond motifs is 11. The Kier molecular flexibility index (Phi) is 5.81. The third-order valence-corrected chi connectivity index (χ3v) is 10.4. The SMILES string of the molecule is COc1ccc(C2(c3ccc4ccc5ccccc5c4c3)C=Cc3c4c(c5ccc(F)cc5c3O2)-c2ccc(C)cc2C4(C)C)cc1. The van der Waals surface area contributed by atoms with Gasteiger partial charge in [0.15, 0.2) is 5.60 Å². The van der Waals surface area contributed by atoms with Crippen molar-refractivity contribution >= 4 is 38.4 Å². The van der Waals surface area contributed by atoms with E-state index in [2.05, 4.69) is 118 Å². The molecule has 0 radical (unpaired) electrons. The quantitative estimate of drug-likeness (QED) is 0.185. The van der Waals surface area contributed by atoms with Crippen molar-refractivity contribution in [3.05, 3.63) is 161 Å². The highest BCUT2D eigenvalue weighted by Gasteiger charge is 2.44. The van der Waals surface area contributed by atoms with Crippen LogP contribution in [0.1, 0.15) is 47.2 Å². The second-order valence-corrected chi connectivity index (χ2v) is 13.5. The van der Waals surface area contributed by atoms with Gasteiger partial charge in [-0.25, -0.2) is 4.39 Å². The van der Waals surface area contributed by atoms with Crippen LogP contribution in [0.25, 0.3) is 49.5 Å². The molecule has 0 fully saturated rings.